The summed E-state index contributed by atoms with van der Waals surface area (Å²) in [5.74, 6) is -0.0531. The number of carboxylic acids is 1. The molecule has 0 bridgehead atoms. The Kier molecular flexibility index (Phi) is 5.05. The van der Waals surface area contributed by atoms with Gasteiger partial charge in [0.2, 0.25) is 0 Å². The molecule has 1 aliphatic heterocycles. The van der Waals surface area contributed by atoms with E-state index in [-0.39, 0.29) is 12.5 Å². The molecule has 2 atom stereocenters. The first-order valence-corrected chi connectivity index (χ1v) is 7.45. The van der Waals surface area contributed by atoms with E-state index in [1.807, 2.05) is 4.90 Å². The van der Waals surface area contributed by atoms with Crippen molar-refractivity contribution in [1.82, 2.24) is 10.2 Å². The first-order valence-electron chi connectivity index (χ1n) is 7.45. The Morgan fingerprint density at radius 1 is 1.16 bits per heavy atom. The van der Waals surface area contributed by atoms with Gasteiger partial charge in [-0.2, -0.15) is 0 Å². The molecule has 1 saturated carbocycles. The van der Waals surface area contributed by atoms with Gasteiger partial charge in [-0.3, -0.25) is 4.79 Å². The molecule has 1 aliphatic carbocycles. The highest BCUT2D eigenvalue weighted by Gasteiger charge is 2.37. The number of carbonyl (C=O) groups is 2. The molecular weight excluding hydrogens is 244 g/mol. The number of carbonyl (C=O) groups excluding carboxylic acids is 1. The molecule has 2 unspecified atom stereocenters. The Hall–Kier alpha value is -1.26. The van der Waals surface area contributed by atoms with Crippen LogP contribution in [0.5, 0.6) is 0 Å². The number of hydrogen-bond donors (Lipinski definition) is 2. The van der Waals surface area contributed by atoms with Crippen molar-refractivity contribution in [2.24, 2.45) is 5.92 Å². The van der Waals surface area contributed by atoms with Gasteiger partial charge in [-0.1, -0.05) is 6.42 Å². The monoisotopic (exact) mass is 268 g/mol. The predicted molar refractivity (Wildman–Crippen MR) is 72.0 cm³/mol. The van der Waals surface area contributed by atoms with E-state index in [1.54, 1.807) is 0 Å². The Morgan fingerprint density at radius 3 is 2.74 bits per heavy atom. The second-order valence-corrected chi connectivity index (χ2v) is 5.68. The molecule has 2 fully saturated rings. The molecule has 1 heterocycles. The van der Waals surface area contributed by atoms with Gasteiger partial charge >= 0.3 is 12.0 Å². The Morgan fingerprint density at radius 2 is 1.95 bits per heavy atom. The molecule has 5 heteroatoms. The van der Waals surface area contributed by atoms with E-state index in [1.165, 1.54) is 19.3 Å². The number of nitrogens with zero attached hydrogens (tertiary/aromatic N) is 1. The molecule has 0 aromatic rings. The van der Waals surface area contributed by atoms with Crippen molar-refractivity contribution < 1.29 is 14.7 Å². The summed E-state index contributed by atoms with van der Waals surface area (Å²) in [6, 6.07) is 0.500. The third-order valence-corrected chi connectivity index (χ3v) is 4.35. The van der Waals surface area contributed by atoms with Crippen LogP contribution in [0.15, 0.2) is 0 Å². The van der Waals surface area contributed by atoms with Crippen molar-refractivity contribution >= 4 is 12.0 Å². The summed E-state index contributed by atoms with van der Waals surface area (Å²) in [4.78, 5) is 24.5. The topological polar surface area (TPSA) is 69.6 Å². The van der Waals surface area contributed by atoms with E-state index < -0.39 is 5.97 Å². The van der Waals surface area contributed by atoms with Crippen molar-refractivity contribution in [1.29, 1.82) is 0 Å². The molecule has 5 nitrogen and oxygen atoms in total. The van der Waals surface area contributed by atoms with Crippen molar-refractivity contribution in [2.75, 3.05) is 13.1 Å². The highest BCUT2D eigenvalue weighted by Crippen LogP contribution is 2.36. The van der Waals surface area contributed by atoms with Gasteiger partial charge < -0.3 is 15.3 Å². The first-order chi connectivity index (χ1) is 9.18. The van der Waals surface area contributed by atoms with E-state index in [0.717, 1.165) is 25.8 Å². The fourth-order valence-electron chi connectivity index (χ4n) is 3.40. The molecule has 19 heavy (non-hydrogen) atoms. The van der Waals surface area contributed by atoms with Crippen LogP contribution in [0.1, 0.15) is 51.4 Å². The second-order valence-electron chi connectivity index (χ2n) is 5.68. The quantitative estimate of drug-likeness (QED) is 0.751. The van der Waals surface area contributed by atoms with E-state index >= 15 is 0 Å². The van der Waals surface area contributed by atoms with Gasteiger partial charge in [0.25, 0.3) is 0 Å². The maximum absolute atomic E-state index is 12.1. The molecule has 0 aromatic heterocycles. The van der Waals surface area contributed by atoms with Crippen LogP contribution < -0.4 is 5.32 Å². The van der Waals surface area contributed by atoms with Crippen LogP contribution in [0.4, 0.5) is 4.79 Å². The van der Waals surface area contributed by atoms with E-state index in [0.29, 0.717) is 24.9 Å². The molecule has 1 saturated heterocycles. The Bertz CT molecular complexity index is 333. The molecule has 108 valence electrons. The zero-order chi connectivity index (χ0) is 13.7. The van der Waals surface area contributed by atoms with Crippen molar-refractivity contribution in [3.05, 3.63) is 0 Å². The minimum Gasteiger partial charge on any atom is -0.481 e. The molecule has 2 rings (SSSR count). The zero-order valence-electron chi connectivity index (χ0n) is 11.4. The number of unbranched alkanes of at least 4 members (excludes halogenated alkanes) is 1. The molecule has 2 aliphatic rings. The van der Waals surface area contributed by atoms with Crippen LogP contribution in [-0.4, -0.2) is 41.1 Å². The van der Waals surface area contributed by atoms with Gasteiger partial charge in [-0.05, 0) is 44.4 Å². The number of hydrogen-bond acceptors (Lipinski definition) is 2. The number of fused-ring (bicyclic) bond motifs is 1. The number of amides is 2. The normalized spacial score (nSPS) is 26.0. The van der Waals surface area contributed by atoms with E-state index in [4.69, 9.17) is 5.11 Å². The minimum atomic E-state index is -0.767. The standard InChI is InChI=1S/C14H24N2O3/c17-13(18)8-1-2-9-15-14(19)16-10-4-6-11-5-3-7-12(11)16/h11-12H,1-10H2,(H,15,19)(H,17,18). The highest BCUT2D eigenvalue weighted by molar-refractivity contribution is 5.74. The summed E-state index contributed by atoms with van der Waals surface area (Å²) in [6.45, 7) is 1.46. The number of urea groups is 1. The summed E-state index contributed by atoms with van der Waals surface area (Å²) < 4.78 is 0. The highest BCUT2D eigenvalue weighted by atomic mass is 16.4. The summed E-state index contributed by atoms with van der Waals surface area (Å²) in [6.07, 6.45) is 7.61. The van der Waals surface area contributed by atoms with Crippen LogP contribution in [0, 0.1) is 5.92 Å². The SMILES string of the molecule is O=C(O)CCCCNC(=O)N1CCCC2CCCC21. The summed E-state index contributed by atoms with van der Waals surface area (Å²) in [5, 5.41) is 11.5. The van der Waals surface area contributed by atoms with E-state index in [2.05, 4.69) is 5.32 Å². The van der Waals surface area contributed by atoms with Crippen LogP contribution in [0.25, 0.3) is 0 Å². The van der Waals surface area contributed by atoms with Gasteiger partial charge in [0, 0.05) is 25.6 Å². The number of rotatable bonds is 5. The molecule has 0 spiro atoms. The molecule has 2 amide bonds. The number of aliphatic carboxylic acids is 1. The number of likely N-dealkylation sites (tertiary alicyclic amines) is 1. The molecule has 0 aromatic carbocycles. The smallest absolute Gasteiger partial charge is 0.317 e. The number of nitrogens with one attached hydrogen (secondary N) is 1. The fourth-order valence-corrected chi connectivity index (χ4v) is 3.40. The number of piperidine rings is 1. The summed E-state index contributed by atoms with van der Waals surface area (Å²) >= 11 is 0. The van der Waals surface area contributed by atoms with Crippen LogP contribution in [-0.2, 0) is 4.79 Å². The fraction of sp³-hybridized carbons (Fsp3) is 0.857. The second kappa shape index (κ2) is 6.78. The summed E-state index contributed by atoms with van der Waals surface area (Å²) in [5.41, 5.74) is 0. The predicted octanol–water partition coefficient (Wildman–Crippen LogP) is 2.22. The van der Waals surface area contributed by atoms with Crippen molar-refractivity contribution in [2.45, 2.75) is 57.4 Å². The lowest BCUT2D eigenvalue weighted by molar-refractivity contribution is -0.137. The first kappa shape index (κ1) is 14.2. The van der Waals surface area contributed by atoms with Gasteiger partial charge in [-0.25, -0.2) is 4.79 Å². The van der Waals surface area contributed by atoms with Crippen LogP contribution >= 0.6 is 0 Å². The summed E-state index contributed by atoms with van der Waals surface area (Å²) in [7, 11) is 0. The average molecular weight is 268 g/mol. The third kappa shape index (κ3) is 3.85. The Balaban J connectivity index is 1.69. The third-order valence-electron chi connectivity index (χ3n) is 4.35. The molecule has 2 N–H and O–H groups in total. The minimum absolute atomic E-state index is 0.0481. The molecule has 0 radical (unpaired) electrons. The lowest BCUT2D eigenvalue weighted by Gasteiger charge is -2.37. The molecular formula is C14H24N2O3. The average Bonchev–Trinajstić information content (AvgIpc) is 2.85. The van der Waals surface area contributed by atoms with Gasteiger partial charge in [0.1, 0.15) is 0 Å². The van der Waals surface area contributed by atoms with Crippen LogP contribution in [0.3, 0.4) is 0 Å². The Labute approximate surface area is 114 Å². The lowest BCUT2D eigenvalue weighted by Crippen LogP contribution is -2.50. The maximum Gasteiger partial charge on any atom is 0.317 e. The van der Waals surface area contributed by atoms with Gasteiger partial charge in [-0.15, -0.1) is 0 Å². The zero-order valence-corrected chi connectivity index (χ0v) is 11.4. The lowest BCUT2D eigenvalue weighted by atomic mass is 9.92. The van der Waals surface area contributed by atoms with Gasteiger partial charge in [0.05, 0.1) is 0 Å². The van der Waals surface area contributed by atoms with Crippen molar-refractivity contribution in [3.63, 3.8) is 0 Å². The van der Waals surface area contributed by atoms with Gasteiger partial charge in [0.15, 0.2) is 0 Å². The van der Waals surface area contributed by atoms with Crippen LogP contribution in [0.2, 0.25) is 0 Å². The largest absolute Gasteiger partial charge is 0.481 e. The van der Waals surface area contributed by atoms with E-state index in [9.17, 15) is 9.59 Å². The number of carboxylic acid groups (broad SMARTS) is 1. The van der Waals surface area contributed by atoms with Crippen molar-refractivity contribution in [3.8, 4) is 0 Å². The maximum atomic E-state index is 12.1.